The molecule has 0 spiro atoms. The molecule has 1 amide bonds. The van der Waals surface area contributed by atoms with Gasteiger partial charge >= 0.3 is 0 Å². The van der Waals surface area contributed by atoms with E-state index in [1.165, 1.54) is 0 Å². The van der Waals surface area contributed by atoms with Crippen molar-refractivity contribution < 1.29 is 9.53 Å². The monoisotopic (exact) mass is 308 g/mol. The summed E-state index contributed by atoms with van der Waals surface area (Å²) >= 11 is 1.92. The fourth-order valence-electron chi connectivity index (χ4n) is 2.25. The van der Waals surface area contributed by atoms with Crippen LogP contribution in [0.3, 0.4) is 0 Å². The molecular formula is C16H24N2O2S. The Balaban J connectivity index is 1.60. The minimum Gasteiger partial charge on any atom is -0.494 e. The SMILES string of the molecule is CN(CCCOc1ccccc1)C(=O)CC1CSCCN1. The number of carbonyl (C=O) groups excluding carboxylic acids is 1. The molecule has 0 aliphatic carbocycles. The molecule has 5 heteroatoms. The van der Waals surface area contributed by atoms with Gasteiger partial charge in [-0.15, -0.1) is 0 Å². The van der Waals surface area contributed by atoms with Crippen LogP contribution in [0.15, 0.2) is 30.3 Å². The zero-order valence-electron chi connectivity index (χ0n) is 12.6. The lowest BCUT2D eigenvalue weighted by Gasteiger charge is -2.25. The lowest BCUT2D eigenvalue weighted by atomic mass is 10.2. The summed E-state index contributed by atoms with van der Waals surface area (Å²) in [5, 5.41) is 3.40. The molecule has 1 unspecified atom stereocenters. The van der Waals surface area contributed by atoms with E-state index in [2.05, 4.69) is 5.32 Å². The first-order valence-electron chi connectivity index (χ1n) is 7.48. The number of nitrogens with zero attached hydrogens (tertiary/aromatic N) is 1. The molecule has 0 saturated carbocycles. The van der Waals surface area contributed by atoms with Crippen LogP contribution >= 0.6 is 11.8 Å². The van der Waals surface area contributed by atoms with E-state index in [1.54, 1.807) is 0 Å². The fraction of sp³-hybridized carbons (Fsp3) is 0.562. The maximum atomic E-state index is 12.1. The molecule has 0 aromatic heterocycles. The van der Waals surface area contributed by atoms with Gasteiger partial charge in [0.15, 0.2) is 0 Å². The lowest BCUT2D eigenvalue weighted by Crippen LogP contribution is -2.42. The third-order valence-corrected chi connectivity index (χ3v) is 4.63. The predicted octanol–water partition coefficient (Wildman–Crippen LogP) is 2.01. The summed E-state index contributed by atoms with van der Waals surface area (Å²) in [5.41, 5.74) is 0. The average Bonchev–Trinajstić information content (AvgIpc) is 2.53. The summed E-state index contributed by atoms with van der Waals surface area (Å²) in [6.45, 7) is 2.39. The Kier molecular flexibility index (Phi) is 6.89. The van der Waals surface area contributed by atoms with Gasteiger partial charge < -0.3 is 15.0 Å². The third-order valence-electron chi connectivity index (χ3n) is 3.50. The van der Waals surface area contributed by atoms with E-state index in [1.807, 2.05) is 54.0 Å². The minimum absolute atomic E-state index is 0.217. The molecule has 1 aliphatic rings. The first kappa shape index (κ1) is 16.2. The molecule has 1 aromatic carbocycles. The average molecular weight is 308 g/mol. The Morgan fingerprint density at radius 3 is 2.95 bits per heavy atom. The number of para-hydroxylation sites is 1. The van der Waals surface area contributed by atoms with Crippen LogP contribution in [-0.2, 0) is 4.79 Å². The molecule has 21 heavy (non-hydrogen) atoms. The summed E-state index contributed by atoms with van der Waals surface area (Å²) < 4.78 is 5.63. The summed E-state index contributed by atoms with van der Waals surface area (Å²) in [6.07, 6.45) is 1.45. The molecule has 116 valence electrons. The Bertz CT molecular complexity index is 422. The molecule has 1 atom stereocenters. The van der Waals surface area contributed by atoms with Crippen LogP contribution in [0.1, 0.15) is 12.8 Å². The van der Waals surface area contributed by atoms with Crippen LogP contribution in [0.4, 0.5) is 0 Å². The van der Waals surface area contributed by atoms with E-state index < -0.39 is 0 Å². The van der Waals surface area contributed by atoms with Crippen LogP contribution in [0, 0.1) is 0 Å². The normalized spacial score (nSPS) is 18.2. The highest BCUT2D eigenvalue weighted by molar-refractivity contribution is 7.99. The second kappa shape index (κ2) is 8.95. The van der Waals surface area contributed by atoms with Gasteiger partial charge in [0.25, 0.3) is 0 Å². The van der Waals surface area contributed by atoms with Gasteiger partial charge in [0, 0.05) is 44.1 Å². The van der Waals surface area contributed by atoms with Crippen molar-refractivity contribution >= 4 is 17.7 Å². The van der Waals surface area contributed by atoms with Crippen molar-refractivity contribution in [3.63, 3.8) is 0 Å². The van der Waals surface area contributed by atoms with Crippen LogP contribution in [0.5, 0.6) is 5.75 Å². The van der Waals surface area contributed by atoms with E-state index in [0.717, 1.165) is 36.8 Å². The van der Waals surface area contributed by atoms with Gasteiger partial charge in [0.1, 0.15) is 5.75 Å². The van der Waals surface area contributed by atoms with Gasteiger partial charge in [-0.2, -0.15) is 11.8 Å². The molecule has 2 rings (SSSR count). The Morgan fingerprint density at radius 2 is 2.24 bits per heavy atom. The minimum atomic E-state index is 0.217. The van der Waals surface area contributed by atoms with Crippen LogP contribution in [-0.4, -0.2) is 55.1 Å². The van der Waals surface area contributed by atoms with Crippen molar-refractivity contribution in [2.24, 2.45) is 0 Å². The molecule has 1 fully saturated rings. The second-order valence-electron chi connectivity index (χ2n) is 5.26. The number of carbonyl (C=O) groups is 1. The summed E-state index contributed by atoms with van der Waals surface area (Å²) in [7, 11) is 1.88. The quantitative estimate of drug-likeness (QED) is 0.783. The molecule has 1 aliphatic heterocycles. The third kappa shape index (κ3) is 5.98. The maximum absolute atomic E-state index is 12.1. The molecule has 1 aromatic rings. The molecular weight excluding hydrogens is 284 g/mol. The highest BCUT2D eigenvalue weighted by Crippen LogP contribution is 2.11. The van der Waals surface area contributed by atoms with E-state index in [4.69, 9.17) is 4.74 Å². The van der Waals surface area contributed by atoms with Crippen molar-refractivity contribution in [2.45, 2.75) is 18.9 Å². The number of benzene rings is 1. The van der Waals surface area contributed by atoms with Crippen LogP contribution in [0.25, 0.3) is 0 Å². The Morgan fingerprint density at radius 1 is 1.43 bits per heavy atom. The standard InChI is InChI=1S/C16H24N2O2S/c1-18(16(19)12-14-13-21-11-8-17-14)9-5-10-20-15-6-3-2-4-7-15/h2-4,6-7,14,17H,5,8-13H2,1H3. The smallest absolute Gasteiger partial charge is 0.223 e. The first-order valence-corrected chi connectivity index (χ1v) is 8.64. The van der Waals surface area contributed by atoms with Gasteiger partial charge in [-0.25, -0.2) is 0 Å². The number of thioether (sulfide) groups is 1. The van der Waals surface area contributed by atoms with Gasteiger partial charge in [-0.3, -0.25) is 4.79 Å². The van der Waals surface area contributed by atoms with E-state index in [0.29, 0.717) is 19.1 Å². The van der Waals surface area contributed by atoms with Crippen LogP contribution < -0.4 is 10.1 Å². The molecule has 4 nitrogen and oxygen atoms in total. The maximum Gasteiger partial charge on any atom is 0.223 e. The largest absolute Gasteiger partial charge is 0.494 e. The van der Waals surface area contributed by atoms with Crippen molar-refractivity contribution in [3.8, 4) is 5.75 Å². The highest BCUT2D eigenvalue weighted by Gasteiger charge is 2.18. The Labute approximate surface area is 131 Å². The van der Waals surface area contributed by atoms with E-state index in [9.17, 15) is 4.79 Å². The molecule has 1 heterocycles. The second-order valence-corrected chi connectivity index (χ2v) is 6.41. The van der Waals surface area contributed by atoms with Crippen molar-refractivity contribution in [1.82, 2.24) is 10.2 Å². The van der Waals surface area contributed by atoms with Gasteiger partial charge in [0.05, 0.1) is 6.61 Å². The van der Waals surface area contributed by atoms with Crippen molar-refractivity contribution in [3.05, 3.63) is 30.3 Å². The molecule has 0 bridgehead atoms. The summed E-state index contributed by atoms with van der Waals surface area (Å²) in [5.74, 6) is 3.29. The number of hydrogen-bond donors (Lipinski definition) is 1. The van der Waals surface area contributed by atoms with Crippen molar-refractivity contribution in [1.29, 1.82) is 0 Å². The Hall–Kier alpha value is -1.20. The molecule has 1 saturated heterocycles. The number of hydrogen-bond acceptors (Lipinski definition) is 4. The fourth-order valence-corrected chi connectivity index (χ4v) is 3.20. The molecule has 1 N–H and O–H groups in total. The van der Waals surface area contributed by atoms with E-state index in [-0.39, 0.29) is 5.91 Å². The zero-order chi connectivity index (χ0) is 14.9. The number of amides is 1. The van der Waals surface area contributed by atoms with Gasteiger partial charge in [-0.05, 0) is 18.6 Å². The van der Waals surface area contributed by atoms with Crippen LogP contribution in [0.2, 0.25) is 0 Å². The summed E-state index contributed by atoms with van der Waals surface area (Å²) in [6, 6.07) is 10.1. The highest BCUT2D eigenvalue weighted by atomic mass is 32.2. The van der Waals surface area contributed by atoms with Gasteiger partial charge in [0.2, 0.25) is 5.91 Å². The van der Waals surface area contributed by atoms with Gasteiger partial charge in [-0.1, -0.05) is 18.2 Å². The predicted molar refractivity (Wildman–Crippen MR) is 87.9 cm³/mol. The first-order chi connectivity index (χ1) is 10.3. The topological polar surface area (TPSA) is 41.6 Å². The number of ether oxygens (including phenoxy) is 1. The van der Waals surface area contributed by atoms with Crippen molar-refractivity contribution in [2.75, 3.05) is 38.2 Å². The lowest BCUT2D eigenvalue weighted by molar-refractivity contribution is -0.130. The summed E-state index contributed by atoms with van der Waals surface area (Å²) in [4.78, 5) is 13.9. The molecule has 0 radical (unpaired) electrons. The number of nitrogens with one attached hydrogen (secondary N) is 1. The number of rotatable bonds is 7. The zero-order valence-corrected chi connectivity index (χ0v) is 13.4. The van der Waals surface area contributed by atoms with E-state index >= 15 is 0 Å².